The molecule has 0 bridgehead atoms. The summed E-state index contributed by atoms with van der Waals surface area (Å²) in [5.74, 6) is -0.278. The number of halogens is 3. The van der Waals surface area contributed by atoms with Gasteiger partial charge in [0.15, 0.2) is 0 Å². The van der Waals surface area contributed by atoms with Crippen molar-refractivity contribution in [1.29, 1.82) is 0 Å². The summed E-state index contributed by atoms with van der Waals surface area (Å²) in [5, 5.41) is 9.94. The fourth-order valence-corrected chi connectivity index (χ4v) is 3.26. The molecule has 0 spiro atoms. The molecule has 0 aliphatic carbocycles. The van der Waals surface area contributed by atoms with Gasteiger partial charge in [0.25, 0.3) is 0 Å². The van der Waals surface area contributed by atoms with E-state index >= 15 is 0 Å². The van der Waals surface area contributed by atoms with E-state index in [4.69, 9.17) is 4.42 Å². The number of likely N-dealkylation sites (tertiary alicyclic amines) is 1. The van der Waals surface area contributed by atoms with Crippen LogP contribution in [-0.4, -0.2) is 28.6 Å². The molecule has 1 saturated heterocycles. The third-order valence-electron chi connectivity index (χ3n) is 4.43. The fraction of sp³-hybridized carbons (Fsp3) is 0.389. The Hall–Kier alpha value is -2.28. The average Bonchev–Trinajstić information content (AvgIpc) is 3.21. The van der Waals surface area contributed by atoms with E-state index in [0.29, 0.717) is 6.42 Å². The van der Waals surface area contributed by atoms with Gasteiger partial charge in [-0.3, -0.25) is 4.79 Å². The van der Waals surface area contributed by atoms with Crippen molar-refractivity contribution in [3.05, 3.63) is 59.5 Å². The number of furan rings is 1. The van der Waals surface area contributed by atoms with Crippen LogP contribution >= 0.6 is 0 Å². The second-order valence-corrected chi connectivity index (χ2v) is 6.17. The number of β-amino-alcohol motifs (C(OH)–C–C–N with tert-alkyl or cyclic N) is 1. The second kappa shape index (κ2) is 6.92. The van der Waals surface area contributed by atoms with E-state index < -0.39 is 23.9 Å². The number of aliphatic hydroxyl groups is 1. The molecular formula is C18H18F3NO3. The summed E-state index contributed by atoms with van der Waals surface area (Å²) in [6.07, 6.45) is -1.61. The number of carbonyl (C=O) groups excluding carboxylic acids is 1. The maximum atomic E-state index is 13.3. The molecule has 25 heavy (non-hydrogen) atoms. The lowest BCUT2D eigenvalue weighted by Gasteiger charge is -2.27. The maximum absolute atomic E-state index is 13.3. The number of nitrogens with zero attached hydrogens (tertiary/aromatic N) is 1. The second-order valence-electron chi connectivity index (χ2n) is 6.17. The SMILES string of the molecule is O=C(CCc1ccoc1)N1CC(O)CC1c1ccccc1C(F)(F)F. The first-order valence-corrected chi connectivity index (χ1v) is 8.01. The number of benzene rings is 1. The largest absolute Gasteiger partial charge is 0.472 e. The molecule has 1 aliphatic rings. The standard InChI is InChI=1S/C18H18F3NO3/c19-18(20,21)15-4-2-1-3-14(15)16-9-13(23)10-22(16)17(24)6-5-12-7-8-25-11-12/h1-4,7-8,11,13,16,23H,5-6,9-10H2. The summed E-state index contributed by atoms with van der Waals surface area (Å²) >= 11 is 0. The number of rotatable bonds is 4. The van der Waals surface area contributed by atoms with E-state index in [1.54, 1.807) is 6.07 Å². The van der Waals surface area contributed by atoms with Crippen LogP contribution in [0.1, 0.15) is 35.6 Å². The number of alkyl halides is 3. The van der Waals surface area contributed by atoms with Crippen LogP contribution in [0.15, 0.2) is 47.3 Å². The number of amides is 1. The van der Waals surface area contributed by atoms with Gasteiger partial charge in [0, 0.05) is 13.0 Å². The van der Waals surface area contributed by atoms with E-state index in [1.807, 2.05) is 0 Å². The van der Waals surface area contributed by atoms with Gasteiger partial charge in [0.1, 0.15) is 0 Å². The highest BCUT2D eigenvalue weighted by Crippen LogP contribution is 2.40. The molecule has 4 nitrogen and oxygen atoms in total. The first-order valence-electron chi connectivity index (χ1n) is 8.01. The van der Waals surface area contributed by atoms with E-state index in [1.165, 1.54) is 35.6 Å². The molecular weight excluding hydrogens is 335 g/mol. The van der Waals surface area contributed by atoms with Gasteiger partial charge in [-0.2, -0.15) is 13.2 Å². The summed E-state index contributed by atoms with van der Waals surface area (Å²) in [4.78, 5) is 13.9. The molecule has 134 valence electrons. The van der Waals surface area contributed by atoms with Crippen LogP contribution in [-0.2, 0) is 17.4 Å². The van der Waals surface area contributed by atoms with Crippen LogP contribution in [0.5, 0.6) is 0 Å². The average molecular weight is 353 g/mol. The van der Waals surface area contributed by atoms with Gasteiger partial charge in [0.2, 0.25) is 5.91 Å². The van der Waals surface area contributed by atoms with Crippen molar-refractivity contribution >= 4 is 5.91 Å². The number of carbonyl (C=O) groups is 1. The minimum atomic E-state index is -4.50. The molecule has 2 heterocycles. The Balaban J connectivity index is 1.81. The molecule has 0 radical (unpaired) electrons. The Morgan fingerprint density at radius 2 is 2.04 bits per heavy atom. The number of hydrogen-bond acceptors (Lipinski definition) is 3. The first kappa shape index (κ1) is 17.5. The number of aryl methyl sites for hydroxylation is 1. The molecule has 1 aromatic carbocycles. The highest BCUT2D eigenvalue weighted by molar-refractivity contribution is 5.77. The highest BCUT2D eigenvalue weighted by atomic mass is 19.4. The fourth-order valence-electron chi connectivity index (χ4n) is 3.26. The van der Waals surface area contributed by atoms with E-state index in [0.717, 1.165) is 11.6 Å². The van der Waals surface area contributed by atoms with Crippen LogP contribution < -0.4 is 0 Å². The van der Waals surface area contributed by atoms with Crippen molar-refractivity contribution in [3.63, 3.8) is 0 Å². The molecule has 1 aliphatic heterocycles. The van der Waals surface area contributed by atoms with Crippen molar-refractivity contribution in [2.24, 2.45) is 0 Å². The minimum Gasteiger partial charge on any atom is -0.472 e. The predicted molar refractivity (Wildman–Crippen MR) is 83.6 cm³/mol. The zero-order valence-corrected chi connectivity index (χ0v) is 13.4. The predicted octanol–water partition coefficient (Wildman–Crippen LogP) is 3.57. The van der Waals surface area contributed by atoms with Gasteiger partial charge in [-0.1, -0.05) is 18.2 Å². The Morgan fingerprint density at radius 1 is 1.28 bits per heavy atom. The summed E-state index contributed by atoms with van der Waals surface area (Å²) in [5.41, 5.74) is 0.116. The molecule has 1 amide bonds. The molecule has 2 aromatic rings. The van der Waals surface area contributed by atoms with E-state index in [2.05, 4.69) is 0 Å². The molecule has 3 rings (SSSR count). The Kier molecular flexibility index (Phi) is 4.85. The number of aliphatic hydroxyl groups excluding tert-OH is 1. The zero-order chi connectivity index (χ0) is 18.0. The van der Waals surface area contributed by atoms with Gasteiger partial charge in [-0.15, -0.1) is 0 Å². The third-order valence-corrected chi connectivity index (χ3v) is 4.43. The van der Waals surface area contributed by atoms with Crippen molar-refractivity contribution < 1.29 is 27.5 Å². The summed E-state index contributed by atoms with van der Waals surface area (Å²) in [6.45, 7) is 0.0427. The molecule has 2 atom stereocenters. The van der Waals surface area contributed by atoms with Crippen molar-refractivity contribution in [3.8, 4) is 0 Å². The molecule has 1 aromatic heterocycles. The first-order chi connectivity index (χ1) is 11.9. The van der Waals surface area contributed by atoms with Crippen molar-refractivity contribution in [1.82, 2.24) is 4.90 Å². The normalized spacial score (nSPS) is 20.9. The third kappa shape index (κ3) is 3.87. The maximum Gasteiger partial charge on any atom is 0.416 e. The van der Waals surface area contributed by atoms with Gasteiger partial charge in [-0.05, 0) is 36.1 Å². The lowest BCUT2D eigenvalue weighted by Crippen LogP contribution is -2.32. The lowest BCUT2D eigenvalue weighted by atomic mass is 9.97. The lowest BCUT2D eigenvalue weighted by molar-refractivity contribution is -0.140. The molecule has 7 heteroatoms. The molecule has 1 N–H and O–H groups in total. The Labute approximate surface area is 142 Å². The monoisotopic (exact) mass is 353 g/mol. The highest BCUT2D eigenvalue weighted by Gasteiger charge is 2.41. The van der Waals surface area contributed by atoms with Crippen LogP contribution in [0.25, 0.3) is 0 Å². The van der Waals surface area contributed by atoms with Crippen LogP contribution in [0.3, 0.4) is 0 Å². The van der Waals surface area contributed by atoms with E-state index in [-0.39, 0.29) is 30.9 Å². The Morgan fingerprint density at radius 3 is 2.72 bits per heavy atom. The van der Waals surface area contributed by atoms with Gasteiger partial charge in [-0.25, -0.2) is 0 Å². The quantitative estimate of drug-likeness (QED) is 0.914. The molecule has 0 saturated carbocycles. The van der Waals surface area contributed by atoms with Gasteiger partial charge >= 0.3 is 6.18 Å². The van der Waals surface area contributed by atoms with Gasteiger partial charge in [0.05, 0.1) is 30.2 Å². The Bertz CT molecular complexity index is 727. The van der Waals surface area contributed by atoms with Crippen LogP contribution in [0.4, 0.5) is 13.2 Å². The molecule has 2 unspecified atom stereocenters. The smallest absolute Gasteiger partial charge is 0.416 e. The number of hydrogen-bond donors (Lipinski definition) is 1. The van der Waals surface area contributed by atoms with Crippen LogP contribution in [0, 0.1) is 0 Å². The van der Waals surface area contributed by atoms with Crippen LogP contribution in [0.2, 0.25) is 0 Å². The van der Waals surface area contributed by atoms with Crippen molar-refractivity contribution in [2.75, 3.05) is 6.54 Å². The van der Waals surface area contributed by atoms with E-state index in [9.17, 15) is 23.1 Å². The zero-order valence-electron chi connectivity index (χ0n) is 13.4. The summed E-state index contributed by atoms with van der Waals surface area (Å²) < 4.78 is 44.8. The summed E-state index contributed by atoms with van der Waals surface area (Å²) in [6, 6.07) is 6.19. The topological polar surface area (TPSA) is 53.7 Å². The van der Waals surface area contributed by atoms with Crippen molar-refractivity contribution in [2.45, 2.75) is 37.6 Å². The van der Waals surface area contributed by atoms with Gasteiger partial charge < -0.3 is 14.4 Å². The minimum absolute atomic E-state index is 0.0308. The summed E-state index contributed by atoms with van der Waals surface area (Å²) in [7, 11) is 0. The molecule has 1 fully saturated rings.